The molecule has 1 heterocycles. The third-order valence-electron chi connectivity index (χ3n) is 2.31. The predicted octanol–water partition coefficient (Wildman–Crippen LogP) is 1.70. The Morgan fingerprint density at radius 2 is 2.05 bits per heavy atom. The molecule has 1 aromatic carbocycles. The van der Waals surface area contributed by atoms with Gasteiger partial charge in [-0.1, -0.05) is 0 Å². The summed E-state index contributed by atoms with van der Waals surface area (Å²) in [5, 5.41) is 13.2. The largest absolute Gasteiger partial charge is 0.305 e. The Bertz CT molecular complexity index is 649. The number of nitrogens with one attached hydrogen (secondary N) is 1. The number of carbonyl (C=O) groups excluding carboxylic acids is 2. The molecule has 0 atom stereocenters. The van der Waals surface area contributed by atoms with Crippen LogP contribution < -0.4 is 5.32 Å². The fourth-order valence-corrected chi connectivity index (χ4v) is 2.32. The Morgan fingerprint density at radius 1 is 1.40 bits per heavy atom. The third-order valence-corrected chi connectivity index (χ3v) is 3.20. The van der Waals surface area contributed by atoms with Crippen molar-refractivity contribution in [3.63, 3.8) is 0 Å². The fourth-order valence-electron chi connectivity index (χ4n) is 1.46. The number of carbonyl (C=O) groups is 2. The standard InChI is InChI=1S/C12H9N3O4S/c1-7(16)13-12-14-11(17)10(20-12)6-8-2-4-9(5-3-8)15(18)19/h2-6H,1H3,(H,13,14,16,17)/b10-6-. The molecule has 20 heavy (non-hydrogen) atoms. The first-order chi connectivity index (χ1) is 9.45. The molecule has 0 bridgehead atoms. The van der Waals surface area contributed by atoms with Crippen LogP contribution in [0, 0.1) is 10.1 Å². The monoisotopic (exact) mass is 291 g/mol. The maximum atomic E-state index is 11.6. The van der Waals surface area contributed by atoms with Crippen molar-refractivity contribution in [3.05, 3.63) is 44.8 Å². The van der Waals surface area contributed by atoms with Crippen molar-refractivity contribution in [2.75, 3.05) is 0 Å². The molecule has 1 aromatic rings. The first-order valence-electron chi connectivity index (χ1n) is 5.50. The van der Waals surface area contributed by atoms with E-state index in [1.807, 2.05) is 0 Å². The Labute approximate surface area is 117 Å². The van der Waals surface area contributed by atoms with Crippen molar-refractivity contribution < 1.29 is 14.5 Å². The van der Waals surface area contributed by atoms with Crippen LogP contribution in [0.2, 0.25) is 0 Å². The first kappa shape index (κ1) is 13.9. The molecule has 0 aliphatic carbocycles. The number of amides is 2. The van der Waals surface area contributed by atoms with Gasteiger partial charge < -0.3 is 5.32 Å². The minimum Gasteiger partial charge on any atom is -0.305 e. The van der Waals surface area contributed by atoms with Gasteiger partial charge in [0.1, 0.15) is 0 Å². The maximum absolute atomic E-state index is 11.6. The number of hydrogen-bond acceptors (Lipinski definition) is 5. The van der Waals surface area contributed by atoms with Crippen molar-refractivity contribution in [1.29, 1.82) is 0 Å². The highest BCUT2D eigenvalue weighted by Gasteiger charge is 2.22. The summed E-state index contributed by atoms with van der Waals surface area (Å²) in [6.07, 6.45) is 1.56. The van der Waals surface area contributed by atoms with Gasteiger partial charge in [0.2, 0.25) is 5.91 Å². The Kier molecular flexibility index (Phi) is 3.94. The van der Waals surface area contributed by atoms with Crippen LogP contribution in [-0.4, -0.2) is 21.9 Å². The van der Waals surface area contributed by atoms with Crippen LogP contribution in [0.15, 0.2) is 34.2 Å². The Balaban J connectivity index is 2.14. The molecule has 2 amide bonds. The molecule has 0 aromatic heterocycles. The zero-order valence-corrected chi connectivity index (χ0v) is 11.1. The molecular weight excluding hydrogens is 282 g/mol. The molecule has 2 rings (SSSR count). The van der Waals surface area contributed by atoms with Crippen molar-refractivity contribution in [2.45, 2.75) is 6.92 Å². The summed E-state index contributed by atoms with van der Waals surface area (Å²) in [5.41, 5.74) is 0.624. The van der Waals surface area contributed by atoms with Crippen LogP contribution in [-0.2, 0) is 9.59 Å². The second-order valence-corrected chi connectivity index (χ2v) is 4.89. The highest BCUT2D eigenvalue weighted by Crippen LogP contribution is 2.27. The van der Waals surface area contributed by atoms with Gasteiger partial charge in [0.05, 0.1) is 9.83 Å². The van der Waals surface area contributed by atoms with Crippen LogP contribution in [0.5, 0.6) is 0 Å². The molecule has 102 valence electrons. The number of non-ortho nitro benzene ring substituents is 1. The smallest absolute Gasteiger partial charge is 0.286 e. The number of hydrogen-bond donors (Lipinski definition) is 1. The van der Waals surface area contributed by atoms with E-state index in [1.54, 1.807) is 6.08 Å². The number of thioether (sulfide) groups is 1. The molecule has 0 saturated carbocycles. The van der Waals surface area contributed by atoms with Crippen LogP contribution in [0.3, 0.4) is 0 Å². The van der Waals surface area contributed by atoms with Gasteiger partial charge in [0, 0.05) is 19.1 Å². The lowest BCUT2D eigenvalue weighted by atomic mass is 10.2. The van der Waals surface area contributed by atoms with E-state index in [1.165, 1.54) is 31.2 Å². The first-order valence-corrected chi connectivity index (χ1v) is 6.32. The number of nitro benzene ring substituents is 1. The van der Waals surface area contributed by atoms with Crippen molar-refractivity contribution in [2.24, 2.45) is 4.99 Å². The molecule has 0 saturated heterocycles. The van der Waals surface area contributed by atoms with Crippen LogP contribution in [0.4, 0.5) is 5.69 Å². The van der Waals surface area contributed by atoms with Gasteiger partial charge in [-0.15, -0.1) is 0 Å². The minimum absolute atomic E-state index is 0.0206. The number of amidine groups is 1. The van der Waals surface area contributed by atoms with Crippen molar-refractivity contribution in [1.82, 2.24) is 5.32 Å². The van der Waals surface area contributed by atoms with Crippen molar-refractivity contribution >= 4 is 40.5 Å². The molecule has 0 spiro atoms. The highest BCUT2D eigenvalue weighted by atomic mass is 32.2. The van der Waals surface area contributed by atoms with Gasteiger partial charge in [-0.3, -0.25) is 19.7 Å². The van der Waals surface area contributed by atoms with E-state index in [0.717, 1.165) is 11.8 Å². The van der Waals surface area contributed by atoms with E-state index in [0.29, 0.717) is 10.5 Å². The van der Waals surface area contributed by atoms with E-state index in [9.17, 15) is 19.7 Å². The van der Waals surface area contributed by atoms with E-state index < -0.39 is 10.8 Å². The normalized spacial score (nSPS) is 16.1. The predicted molar refractivity (Wildman–Crippen MR) is 74.9 cm³/mol. The van der Waals surface area contributed by atoms with Gasteiger partial charge in [-0.05, 0) is 35.5 Å². The third kappa shape index (κ3) is 3.29. The van der Waals surface area contributed by atoms with E-state index in [4.69, 9.17) is 0 Å². The lowest BCUT2D eigenvalue weighted by Gasteiger charge is -1.98. The molecule has 7 nitrogen and oxygen atoms in total. The molecule has 0 fully saturated rings. The fraction of sp³-hybridized carbons (Fsp3) is 0.0833. The summed E-state index contributed by atoms with van der Waals surface area (Å²) in [6.45, 7) is 1.32. The van der Waals surface area contributed by atoms with E-state index in [-0.39, 0.29) is 16.8 Å². The molecule has 0 unspecified atom stereocenters. The molecule has 1 aliphatic heterocycles. The van der Waals surface area contributed by atoms with Gasteiger partial charge in [0.25, 0.3) is 11.6 Å². The zero-order valence-electron chi connectivity index (χ0n) is 10.3. The van der Waals surface area contributed by atoms with Crippen LogP contribution in [0.25, 0.3) is 6.08 Å². The van der Waals surface area contributed by atoms with Crippen molar-refractivity contribution in [3.8, 4) is 0 Å². The van der Waals surface area contributed by atoms with Gasteiger partial charge in [-0.2, -0.15) is 4.99 Å². The summed E-state index contributed by atoms with van der Waals surface area (Å²) in [7, 11) is 0. The summed E-state index contributed by atoms with van der Waals surface area (Å²) in [5.74, 6) is -0.752. The second-order valence-electron chi connectivity index (χ2n) is 3.86. The Hall–Kier alpha value is -2.48. The lowest BCUT2D eigenvalue weighted by Crippen LogP contribution is -2.23. The quantitative estimate of drug-likeness (QED) is 0.507. The molecule has 1 aliphatic rings. The Morgan fingerprint density at radius 3 is 2.60 bits per heavy atom. The molecule has 0 radical (unpaired) electrons. The summed E-state index contributed by atoms with van der Waals surface area (Å²) >= 11 is 1.05. The van der Waals surface area contributed by atoms with Gasteiger partial charge >= 0.3 is 0 Å². The highest BCUT2D eigenvalue weighted by molar-refractivity contribution is 8.18. The minimum atomic E-state index is -0.496. The summed E-state index contributed by atoms with van der Waals surface area (Å²) in [4.78, 5) is 36.5. The number of aliphatic imine (C=N–C) groups is 1. The zero-order chi connectivity index (χ0) is 14.7. The summed E-state index contributed by atoms with van der Waals surface area (Å²) in [6, 6.07) is 5.78. The average Bonchev–Trinajstić information content (AvgIpc) is 2.69. The van der Waals surface area contributed by atoms with E-state index in [2.05, 4.69) is 10.3 Å². The average molecular weight is 291 g/mol. The van der Waals surface area contributed by atoms with Gasteiger partial charge in [0.15, 0.2) is 5.17 Å². The summed E-state index contributed by atoms with van der Waals surface area (Å²) < 4.78 is 0. The molecule has 8 heteroatoms. The second kappa shape index (κ2) is 5.66. The van der Waals surface area contributed by atoms with Crippen LogP contribution in [0.1, 0.15) is 12.5 Å². The number of nitro groups is 1. The number of rotatable bonds is 2. The van der Waals surface area contributed by atoms with E-state index >= 15 is 0 Å². The van der Waals surface area contributed by atoms with Gasteiger partial charge in [-0.25, -0.2) is 0 Å². The SMILES string of the molecule is CC(=O)NC1=NC(=O)/C(=C/c2ccc([N+](=O)[O-])cc2)S1. The lowest BCUT2D eigenvalue weighted by molar-refractivity contribution is -0.384. The number of benzene rings is 1. The molecular formula is C12H9N3O4S. The maximum Gasteiger partial charge on any atom is 0.286 e. The van der Waals surface area contributed by atoms with Crippen LogP contribution >= 0.6 is 11.8 Å². The topological polar surface area (TPSA) is 102 Å². The number of nitrogens with zero attached hydrogens (tertiary/aromatic N) is 2. The molecule has 1 N–H and O–H groups in total.